The van der Waals surface area contributed by atoms with Crippen molar-refractivity contribution in [2.24, 2.45) is 0 Å². The minimum atomic E-state index is -0.382. The van der Waals surface area contributed by atoms with E-state index in [1.54, 1.807) is 24.3 Å². The fourth-order valence-electron chi connectivity index (χ4n) is 1.18. The van der Waals surface area contributed by atoms with E-state index in [1.165, 1.54) is 0 Å². The number of benzene rings is 1. The van der Waals surface area contributed by atoms with Gasteiger partial charge in [0.15, 0.2) is 11.0 Å². The molecule has 2 aromatic rings. The molecular formula is C11H9ClN4O. The maximum atomic E-state index is 11.5. The van der Waals surface area contributed by atoms with Crippen LogP contribution in [0.2, 0.25) is 5.15 Å². The van der Waals surface area contributed by atoms with Crippen LogP contribution in [0.25, 0.3) is 0 Å². The van der Waals surface area contributed by atoms with Crippen molar-refractivity contribution in [3.63, 3.8) is 0 Å². The number of urea groups is 1. The van der Waals surface area contributed by atoms with Crippen molar-refractivity contribution in [1.82, 2.24) is 10.2 Å². The Hall–Kier alpha value is -2.14. The molecule has 2 N–H and O–H groups in total. The molecule has 0 unspecified atom stereocenters. The van der Waals surface area contributed by atoms with Crippen LogP contribution in [0.15, 0.2) is 42.5 Å². The topological polar surface area (TPSA) is 66.9 Å². The average molecular weight is 249 g/mol. The molecule has 0 saturated heterocycles. The standard InChI is InChI=1S/C11H9ClN4O/c12-9-6-7-10(16-15-9)14-11(17)13-8-4-2-1-3-5-8/h1-7H,(H2,13,14,16,17). The van der Waals surface area contributed by atoms with Crippen LogP contribution in [0.3, 0.4) is 0 Å². The molecule has 17 heavy (non-hydrogen) atoms. The van der Waals surface area contributed by atoms with Crippen molar-refractivity contribution < 1.29 is 4.79 Å². The van der Waals surface area contributed by atoms with Gasteiger partial charge in [0.05, 0.1) is 0 Å². The van der Waals surface area contributed by atoms with Crippen molar-refractivity contribution >= 4 is 29.1 Å². The molecule has 86 valence electrons. The Labute approximate surface area is 103 Å². The molecule has 2 amide bonds. The molecule has 1 aromatic heterocycles. The lowest BCUT2D eigenvalue weighted by atomic mass is 10.3. The number of nitrogens with one attached hydrogen (secondary N) is 2. The first-order chi connectivity index (χ1) is 8.24. The Morgan fingerprint density at radius 2 is 1.76 bits per heavy atom. The number of nitrogens with zero attached hydrogens (tertiary/aromatic N) is 2. The average Bonchev–Trinajstić information content (AvgIpc) is 2.33. The summed E-state index contributed by atoms with van der Waals surface area (Å²) < 4.78 is 0. The Bertz CT molecular complexity index is 501. The minimum Gasteiger partial charge on any atom is -0.308 e. The van der Waals surface area contributed by atoms with Crippen LogP contribution in [0.1, 0.15) is 0 Å². The predicted molar refractivity (Wildman–Crippen MR) is 66.1 cm³/mol. The Balaban J connectivity index is 1.96. The Morgan fingerprint density at radius 1 is 1.00 bits per heavy atom. The molecule has 1 heterocycles. The summed E-state index contributed by atoms with van der Waals surface area (Å²) in [4.78, 5) is 11.5. The van der Waals surface area contributed by atoms with Gasteiger partial charge in [0.2, 0.25) is 0 Å². The van der Waals surface area contributed by atoms with Crippen molar-refractivity contribution in [2.45, 2.75) is 0 Å². The molecule has 0 fully saturated rings. The van der Waals surface area contributed by atoms with Gasteiger partial charge in [-0.3, -0.25) is 5.32 Å². The van der Waals surface area contributed by atoms with E-state index in [9.17, 15) is 4.79 Å². The van der Waals surface area contributed by atoms with Gasteiger partial charge in [0, 0.05) is 5.69 Å². The van der Waals surface area contributed by atoms with Gasteiger partial charge in [-0.15, -0.1) is 10.2 Å². The molecule has 1 aromatic carbocycles. The van der Waals surface area contributed by atoms with E-state index in [2.05, 4.69) is 20.8 Å². The van der Waals surface area contributed by atoms with E-state index in [0.29, 0.717) is 11.5 Å². The lowest BCUT2D eigenvalue weighted by Crippen LogP contribution is -2.20. The summed E-state index contributed by atoms with van der Waals surface area (Å²) in [7, 11) is 0. The molecule has 0 aliphatic carbocycles. The summed E-state index contributed by atoms with van der Waals surface area (Å²) in [5.41, 5.74) is 0.701. The number of hydrogen-bond donors (Lipinski definition) is 2. The third kappa shape index (κ3) is 3.42. The van der Waals surface area contributed by atoms with Gasteiger partial charge in [0.25, 0.3) is 0 Å². The molecule has 0 atom stereocenters. The normalized spacial score (nSPS) is 9.71. The summed E-state index contributed by atoms with van der Waals surface area (Å²) in [6.07, 6.45) is 0. The maximum Gasteiger partial charge on any atom is 0.324 e. The number of hydrogen-bond acceptors (Lipinski definition) is 3. The second-order valence-electron chi connectivity index (χ2n) is 3.19. The molecule has 0 spiro atoms. The highest BCUT2D eigenvalue weighted by Crippen LogP contribution is 2.08. The Morgan fingerprint density at radius 3 is 2.41 bits per heavy atom. The molecule has 0 saturated carbocycles. The first kappa shape index (κ1) is 11.3. The van der Waals surface area contributed by atoms with Gasteiger partial charge >= 0.3 is 6.03 Å². The molecule has 0 bridgehead atoms. The second kappa shape index (κ2) is 5.27. The quantitative estimate of drug-likeness (QED) is 0.859. The van der Waals surface area contributed by atoms with Gasteiger partial charge in [0.1, 0.15) is 0 Å². The van der Waals surface area contributed by atoms with Gasteiger partial charge < -0.3 is 5.32 Å². The summed E-state index contributed by atoms with van der Waals surface area (Å²) in [5.74, 6) is 0.336. The monoisotopic (exact) mass is 248 g/mol. The summed E-state index contributed by atoms with van der Waals surface area (Å²) in [6.45, 7) is 0. The molecule has 5 nitrogen and oxygen atoms in total. The molecule has 0 radical (unpaired) electrons. The van der Waals surface area contributed by atoms with Crippen molar-refractivity contribution in [3.05, 3.63) is 47.6 Å². The summed E-state index contributed by atoms with van der Waals surface area (Å²) >= 11 is 5.58. The van der Waals surface area contributed by atoms with Crippen molar-refractivity contribution in [1.29, 1.82) is 0 Å². The lowest BCUT2D eigenvalue weighted by molar-refractivity contribution is 0.262. The molecule has 6 heteroatoms. The SMILES string of the molecule is O=C(Nc1ccccc1)Nc1ccc(Cl)nn1. The number of amides is 2. The van der Waals surface area contributed by atoms with Crippen LogP contribution in [-0.2, 0) is 0 Å². The fraction of sp³-hybridized carbons (Fsp3) is 0. The van der Waals surface area contributed by atoms with Crippen LogP contribution in [0, 0.1) is 0 Å². The largest absolute Gasteiger partial charge is 0.324 e. The fourth-order valence-corrected chi connectivity index (χ4v) is 1.28. The first-order valence-electron chi connectivity index (χ1n) is 4.86. The van der Waals surface area contributed by atoms with E-state index in [4.69, 9.17) is 11.6 Å². The summed E-state index contributed by atoms with van der Waals surface area (Å²) in [6, 6.07) is 11.8. The number of aromatic nitrogens is 2. The number of halogens is 1. The zero-order chi connectivity index (χ0) is 12.1. The summed E-state index contributed by atoms with van der Waals surface area (Å²) in [5, 5.41) is 12.8. The zero-order valence-corrected chi connectivity index (χ0v) is 9.48. The molecule has 0 aliphatic rings. The van der Waals surface area contributed by atoms with E-state index in [0.717, 1.165) is 0 Å². The first-order valence-corrected chi connectivity index (χ1v) is 5.24. The Kier molecular flexibility index (Phi) is 3.52. The highest BCUT2D eigenvalue weighted by Gasteiger charge is 2.03. The maximum absolute atomic E-state index is 11.5. The number of para-hydroxylation sites is 1. The van der Waals surface area contributed by atoms with E-state index in [1.807, 2.05) is 18.2 Å². The third-order valence-electron chi connectivity index (χ3n) is 1.91. The van der Waals surface area contributed by atoms with Crippen LogP contribution in [0.4, 0.5) is 16.3 Å². The number of anilines is 2. The molecular weight excluding hydrogens is 240 g/mol. The molecule has 0 aliphatic heterocycles. The van der Waals surface area contributed by atoms with Gasteiger partial charge in [-0.1, -0.05) is 29.8 Å². The molecule has 2 rings (SSSR count). The third-order valence-corrected chi connectivity index (χ3v) is 2.11. The van der Waals surface area contributed by atoms with E-state index in [-0.39, 0.29) is 11.2 Å². The van der Waals surface area contributed by atoms with Crippen LogP contribution in [-0.4, -0.2) is 16.2 Å². The zero-order valence-electron chi connectivity index (χ0n) is 8.72. The number of carbonyl (C=O) groups excluding carboxylic acids is 1. The van der Waals surface area contributed by atoms with Crippen molar-refractivity contribution in [2.75, 3.05) is 10.6 Å². The lowest BCUT2D eigenvalue weighted by Gasteiger charge is -2.05. The van der Waals surface area contributed by atoms with Crippen LogP contribution in [0.5, 0.6) is 0 Å². The van der Waals surface area contributed by atoms with Crippen LogP contribution >= 0.6 is 11.6 Å². The predicted octanol–water partition coefficient (Wildman–Crippen LogP) is 2.77. The smallest absolute Gasteiger partial charge is 0.308 e. The number of carbonyl (C=O) groups is 1. The number of rotatable bonds is 2. The highest BCUT2D eigenvalue weighted by molar-refractivity contribution is 6.29. The minimum absolute atomic E-state index is 0.277. The van der Waals surface area contributed by atoms with Gasteiger partial charge in [-0.2, -0.15) is 0 Å². The van der Waals surface area contributed by atoms with E-state index >= 15 is 0 Å². The second-order valence-corrected chi connectivity index (χ2v) is 3.57. The van der Waals surface area contributed by atoms with E-state index < -0.39 is 0 Å². The van der Waals surface area contributed by atoms with Gasteiger partial charge in [-0.05, 0) is 24.3 Å². The van der Waals surface area contributed by atoms with Gasteiger partial charge in [-0.25, -0.2) is 4.79 Å². The van der Waals surface area contributed by atoms with Crippen LogP contribution < -0.4 is 10.6 Å². The van der Waals surface area contributed by atoms with Crippen molar-refractivity contribution in [3.8, 4) is 0 Å². The highest BCUT2D eigenvalue weighted by atomic mass is 35.5.